The molecule has 0 N–H and O–H groups in total. The smallest absolute Gasteiger partial charge is 0.331 e. The molecular formula is C19H23NO2. The van der Waals surface area contributed by atoms with Gasteiger partial charge in [0.05, 0.1) is 7.11 Å². The molecule has 0 radical (unpaired) electrons. The first kappa shape index (κ1) is 16.1. The predicted octanol–water partition coefficient (Wildman–Crippen LogP) is 4.39. The van der Waals surface area contributed by atoms with E-state index in [9.17, 15) is 4.79 Å². The first-order chi connectivity index (χ1) is 10.4. The average Bonchev–Trinajstić information content (AvgIpc) is 2.50. The molecule has 0 unspecified atom stereocenters. The summed E-state index contributed by atoms with van der Waals surface area (Å²) in [5.74, 6) is -0.270. The van der Waals surface area contributed by atoms with E-state index >= 15 is 0 Å². The molecule has 2 aromatic carbocycles. The number of aryl methyl sites for hydroxylation is 2. The average molecular weight is 297 g/mol. The lowest BCUT2D eigenvalue weighted by molar-refractivity contribution is -0.145. The molecule has 0 fully saturated rings. The summed E-state index contributed by atoms with van der Waals surface area (Å²) < 4.78 is 5.01. The number of carbonyl (C=O) groups excluding carboxylic acids is 1. The Labute approximate surface area is 132 Å². The molecule has 0 atom stereocenters. The maximum atomic E-state index is 12.3. The Kier molecular flexibility index (Phi) is 4.55. The van der Waals surface area contributed by atoms with Crippen molar-refractivity contribution in [2.24, 2.45) is 0 Å². The lowest BCUT2D eigenvalue weighted by Gasteiger charge is -2.38. The quantitative estimate of drug-likeness (QED) is 0.784. The van der Waals surface area contributed by atoms with Crippen LogP contribution in [0.25, 0.3) is 0 Å². The molecule has 0 heterocycles. The van der Waals surface area contributed by atoms with E-state index in [0.717, 1.165) is 11.4 Å². The van der Waals surface area contributed by atoms with Crippen molar-refractivity contribution in [2.75, 3.05) is 12.0 Å². The topological polar surface area (TPSA) is 29.5 Å². The monoisotopic (exact) mass is 297 g/mol. The molecule has 116 valence electrons. The maximum absolute atomic E-state index is 12.3. The second-order valence-corrected chi connectivity index (χ2v) is 6.06. The van der Waals surface area contributed by atoms with E-state index in [-0.39, 0.29) is 5.97 Å². The van der Waals surface area contributed by atoms with Gasteiger partial charge in [0.15, 0.2) is 0 Å². The van der Waals surface area contributed by atoms with Crippen molar-refractivity contribution >= 4 is 17.3 Å². The standard InChI is InChI=1S/C19H23NO2/c1-14-6-10-16(11-7-14)20(19(3,4)18(21)22-5)17-12-8-15(2)9-13-17/h6-13H,1-5H3. The molecule has 3 heteroatoms. The fraction of sp³-hybridized carbons (Fsp3) is 0.316. The Morgan fingerprint density at radius 1 is 0.864 bits per heavy atom. The zero-order chi connectivity index (χ0) is 16.3. The van der Waals surface area contributed by atoms with Crippen LogP contribution in [0.3, 0.4) is 0 Å². The highest BCUT2D eigenvalue weighted by atomic mass is 16.5. The van der Waals surface area contributed by atoms with Crippen LogP contribution in [0.2, 0.25) is 0 Å². The van der Waals surface area contributed by atoms with Gasteiger partial charge in [0.2, 0.25) is 0 Å². The van der Waals surface area contributed by atoms with Crippen LogP contribution < -0.4 is 4.90 Å². The molecule has 0 aliphatic heterocycles. The summed E-state index contributed by atoms with van der Waals surface area (Å²) in [5, 5.41) is 0. The van der Waals surface area contributed by atoms with Gasteiger partial charge in [-0.05, 0) is 52.0 Å². The molecule has 0 saturated carbocycles. The van der Waals surface area contributed by atoms with Crippen molar-refractivity contribution in [1.29, 1.82) is 0 Å². The predicted molar refractivity (Wildman–Crippen MR) is 90.6 cm³/mol. The summed E-state index contributed by atoms with van der Waals surface area (Å²) in [4.78, 5) is 14.3. The van der Waals surface area contributed by atoms with Crippen LogP contribution in [0.4, 0.5) is 11.4 Å². The fourth-order valence-electron chi connectivity index (χ4n) is 2.52. The van der Waals surface area contributed by atoms with Gasteiger partial charge in [-0.15, -0.1) is 0 Å². The van der Waals surface area contributed by atoms with E-state index in [1.807, 2.05) is 81.1 Å². The molecule has 2 aromatic rings. The van der Waals surface area contributed by atoms with Crippen molar-refractivity contribution in [3.8, 4) is 0 Å². The van der Waals surface area contributed by atoms with Crippen molar-refractivity contribution in [3.63, 3.8) is 0 Å². The molecule has 0 amide bonds. The van der Waals surface area contributed by atoms with Gasteiger partial charge in [-0.2, -0.15) is 0 Å². The third-order valence-electron chi connectivity index (χ3n) is 3.83. The fourth-order valence-corrected chi connectivity index (χ4v) is 2.52. The Bertz CT molecular complexity index is 597. The Hall–Kier alpha value is -2.29. The van der Waals surface area contributed by atoms with E-state index in [4.69, 9.17) is 4.74 Å². The summed E-state index contributed by atoms with van der Waals surface area (Å²) in [6.07, 6.45) is 0. The van der Waals surface area contributed by atoms with Crippen LogP contribution in [-0.4, -0.2) is 18.6 Å². The van der Waals surface area contributed by atoms with E-state index < -0.39 is 5.54 Å². The number of nitrogens with zero attached hydrogens (tertiary/aromatic N) is 1. The van der Waals surface area contributed by atoms with Crippen molar-refractivity contribution in [1.82, 2.24) is 0 Å². The number of carbonyl (C=O) groups is 1. The summed E-state index contributed by atoms with van der Waals surface area (Å²) in [6, 6.07) is 16.3. The zero-order valence-corrected chi connectivity index (χ0v) is 13.9. The lowest BCUT2D eigenvalue weighted by atomic mass is 9.99. The van der Waals surface area contributed by atoms with E-state index in [2.05, 4.69) is 0 Å². The van der Waals surface area contributed by atoms with Crippen LogP contribution in [0, 0.1) is 13.8 Å². The number of ether oxygens (including phenoxy) is 1. The number of rotatable bonds is 4. The van der Waals surface area contributed by atoms with Crippen LogP contribution in [0.5, 0.6) is 0 Å². The van der Waals surface area contributed by atoms with Crippen molar-refractivity contribution in [2.45, 2.75) is 33.2 Å². The van der Waals surface area contributed by atoms with E-state index in [1.165, 1.54) is 18.2 Å². The third kappa shape index (κ3) is 3.14. The second-order valence-electron chi connectivity index (χ2n) is 6.06. The van der Waals surface area contributed by atoms with Gasteiger partial charge in [0.25, 0.3) is 0 Å². The van der Waals surface area contributed by atoms with Gasteiger partial charge in [0, 0.05) is 11.4 Å². The Morgan fingerprint density at radius 2 is 1.23 bits per heavy atom. The Morgan fingerprint density at radius 3 is 1.55 bits per heavy atom. The molecule has 0 aliphatic rings. The molecular weight excluding hydrogens is 274 g/mol. The molecule has 0 aliphatic carbocycles. The number of methoxy groups -OCH3 is 1. The molecule has 0 saturated heterocycles. The lowest BCUT2D eigenvalue weighted by Crippen LogP contribution is -2.48. The molecule has 2 rings (SSSR count). The van der Waals surface area contributed by atoms with Gasteiger partial charge < -0.3 is 9.64 Å². The molecule has 0 bridgehead atoms. The highest BCUT2D eigenvalue weighted by Crippen LogP contribution is 2.34. The molecule has 0 aromatic heterocycles. The normalized spacial score (nSPS) is 11.1. The van der Waals surface area contributed by atoms with E-state index in [0.29, 0.717) is 0 Å². The number of hydrogen-bond acceptors (Lipinski definition) is 3. The van der Waals surface area contributed by atoms with Crippen molar-refractivity contribution in [3.05, 3.63) is 59.7 Å². The van der Waals surface area contributed by atoms with Gasteiger partial charge >= 0.3 is 5.97 Å². The van der Waals surface area contributed by atoms with Crippen LogP contribution in [0.15, 0.2) is 48.5 Å². The van der Waals surface area contributed by atoms with Gasteiger partial charge in [-0.1, -0.05) is 35.4 Å². The maximum Gasteiger partial charge on any atom is 0.331 e. The number of benzene rings is 2. The largest absolute Gasteiger partial charge is 0.467 e. The summed E-state index contributed by atoms with van der Waals surface area (Å²) in [5.41, 5.74) is 3.49. The third-order valence-corrected chi connectivity index (χ3v) is 3.83. The highest BCUT2D eigenvalue weighted by molar-refractivity contribution is 5.88. The van der Waals surface area contributed by atoms with Crippen LogP contribution in [-0.2, 0) is 9.53 Å². The van der Waals surface area contributed by atoms with Gasteiger partial charge in [0.1, 0.15) is 5.54 Å². The zero-order valence-electron chi connectivity index (χ0n) is 13.9. The second kappa shape index (κ2) is 6.22. The molecule has 0 spiro atoms. The molecule has 22 heavy (non-hydrogen) atoms. The minimum absolute atomic E-state index is 0.270. The van der Waals surface area contributed by atoms with Crippen molar-refractivity contribution < 1.29 is 9.53 Å². The molecule has 3 nitrogen and oxygen atoms in total. The van der Waals surface area contributed by atoms with Crippen LogP contribution in [0.1, 0.15) is 25.0 Å². The number of hydrogen-bond donors (Lipinski definition) is 0. The summed E-state index contributed by atoms with van der Waals surface area (Å²) in [7, 11) is 1.42. The first-order valence-electron chi connectivity index (χ1n) is 7.38. The first-order valence-corrected chi connectivity index (χ1v) is 7.38. The Balaban J connectivity index is 2.56. The minimum atomic E-state index is -0.806. The van der Waals surface area contributed by atoms with Gasteiger partial charge in [-0.3, -0.25) is 0 Å². The highest BCUT2D eigenvalue weighted by Gasteiger charge is 2.37. The number of anilines is 2. The van der Waals surface area contributed by atoms with Crippen LogP contribution >= 0.6 is 0 Å². The summed E-state index contributed by atoms with van der Waals surface area (Å²) in [6.45, 7) is 7.84. The van der Waals surface area contributed by atoms with E-state index in [1.54, 1.807) is 0 Å². The SMILES string of the molecule is COC(=O)C(C)(C)N(c1ccc(C)cc1)c1ccc(C)cc1. The number of esters is 1. The van der Waals surface area contributed by atoms with Gasteiger partial charge in [-0.25, -0.2) is 4.79 Å². The minimum Gasteiger partial charge on any atom is -0.467 e. The summed E-state index contributed by atoms with van der Waals surface area (Å²) >= 11 is 0.